The number of rotatable bonds is 4. The molecule has 0 amide bonds. The van der Waals surface area contributed by atoms with Crippen molar-refractivity contribution in [3.8, 4) is 0 Å². The molecule has 1 aromatic rings. The molecule has 1 aromatic carbocycles. The largest absolute Gasteiger partial charge is 0.393 e. The van der Waals surface area contributed by atoms with Gasteiger partial charge in [0.2, 0.25) is 0 Å². The number of benzene rings is 1. The van der Waals surface area contributed by atoms with Crippen LogP contribution in [-0.4, -0.2) is 11.2 Å². The third-order valence-electron chi connectivity index (χ3n) is 3.97. The molecule has 0 spiro atoms. The van der Waals surface area contributed by atoms with Gasteiger partial charge in [-0.2, -0.15) is 0 Å². The van der Waals surface area contributed by atoms with Crippen molar-refractivity contribution >= 4 is 0 Å². The standard InChI is InChI=1S/C15H22O/c1-3-11(2)8-15(16)14-9-12-6-4-5-7-13(12)10-14/h4-7,11,14-16H,3,8-10H2,1-2H3. The van der Waals surface area contributed by atoms with Crippen LogP contribution in [0.25, 0.3) is 0 Å². The van der Waals surface area contributed by atoms with Crippen LogP contribution in [0.2, 0.25) is 0 Å². The first-order valence-electron chi connectivity index (χ1n) is 6.45. The van der Waals surface area contributed by atoms with Crippen LogP contribution in [-0.2, 0) is 12.8 Å². The minimum absolute atomic E-state index is 0.123. The SMILES string of the molecule is CCC(C)CC(O)C1Cc2ccccc2C1. The summed E-state index contributed by atoms with van der Waals surface area (Å²) in [6.45, 7) is 4.42. The Labute approximate surface area is 98.5 Å². The topological polar surface area (TPSA) is 20.2 Å². The van der Waals surface area contributed by atoms with Gasteiger partial charge in [-0.3, -0.25) is 0 Å². The highest BCUT2D eigenvalue weighted by Crippen LogP contribution is 2.30. The summed E-state index contributed by atoms with van der Waals surface area (Å²) in [5.74, 6) is 1.09. The maximum atomic E-state index is 10.2. The molecule has 0 heterocycles. The Hall–Kier alpha value is -0.820. The molecule has 2 rings (SSSR count). The third-order valence-corrected chi connectivity index (χ3v) is 3.97. The van der Waals surface area contributed by atoms with Gasteiger partial charge in [-0.25, -0.2) is 0 Å². The van der Waals surface area contributed by atoms with E-state index in [1.807, 2.05) is 0 Å². The zero-order chi connectivity index (χ0) is 11.5. The fourth-order valence-electron chi connectivity index (χ4n) is 2.64. The first-order chi connectivity index (χ1) is 7.70. The second-order valence-corrected chi connectivity index (χ2v) is 5.25. The van der Waals surface area contributed by atoms with Crippen molar-refractivity contribution in [2.24, 2.45) is 11.8 Å². The molecule has 16 heavy (non-hydrogen) atoms. The van der Waals surface area contributed by atoms with Crippen molar-refractivity contribution in [2.75, 3.05) is 0 Å². The first-order valence-corrected chi connectivity index (χ1v) is 6.45. The molecular weight excluding hydrogens is 196 g/mol. The Morgan fingerprint density at radius 1 is 1.25 bits per heavy atom. The molecule has 0 saturated carbocycles. The van der Waals surface area contributed by atoms with Crippen LogP contribution in [0, 0.1) is 11.8 Å². The average Bonchev–Trinajstić information content (AvgIpc) is 2.72. The minimum Gasteiger partial charge on any atom is -0.393 e. The number of fused-ring (bicyclic) bond motifs is 1. The van der Waals surface area contributed by atoms with Crippen LogP contribution in [0.1, 0.15) is 37.8 Å². The fourth-order valence-corrected chi connectivity index (χ4v) is 2.64. The second kappa shape index (κ2) is 5.01. The highest BCUT2D eigenvalue weighted by Gasteiger charge is 2.27. The van der Waals surface area contributed by atoms with Crippen molar-refractivity contribution in [1.82, 2.24) is 0 Å². The Balaban J connectivity index is 1.95. The Morgan fingerprint density at radius 2 is 1.81 bits per heavy atom. The molecule has 2 atom stereocenters. The Kier molecular flexibility index (Phi) is 3.65. The summed E-state index contributed by atoms with van der Waals surface area (Å²) in [5.41, 5.74) is 2.88. The molecular formula is C15H22O. The van der Waals surface area contributed by atoms with Gasteiger partial charge in [0, 0.05) is 0 Å². The molecule has 2 unspecified atom stereocenters. The highest BCUT2D eigenvalue weighted by atomic mass is 16.3. The summed E-state index contributed by atoms with van der Waals surface area (Å²) in [4.78, 5) is 0. The van der Waals surface area contributed by atoms with Crippen molar-refractivity contribution in [1.29, 1.82) is 0 Å². The lowest BCUT2D eigenvalue weighted by Gasteiger charge is -2.20. The lowest BCUT2D eigenvalue weighted by molar-refractivity contribution is 0.0877. The summed E-state index contributed by atoms with van der Waals surface area (Å²) in [6, 6.07) is 8.60. The maximum Gasteiger partial charge on any atom is 0.0577 e. The van der Waals surface area contributed by atoms with E-state index in [1.165, 1.54) is 11.1 Å². The van der Waals surface area contributed by atoms with Crippen LogP contribution >= 0.6 is 0 Å². The summed E-state index contributed by atoms with van der Waals surface area (Å²) < 4.78 is 0. The van der Waals surface area contributed by atoms with E-state index >= 15 is 0 Å². The predicted molar refractivity (Wildman–Crippen MR) is 67.4 cm³/mol. The molecule has 1 aliphatic rings. The molecule has 1 heteroatoms. The number of aliphatic hydroxyl groups excluding tert-OH is 1. The summed E-state index contributed by atoms with van der Waals surface area (Å²) in [6.07, 6.45) is 4.12. The lowest BCUT2D eigenvalue weighted by Crippen LogP contribution is -2.23. The third kappa shape index (κ3) is 2.46. The normalized spacial score (nSPS) is 19.4. The van der Waals surface area contributed by atoms with Gasteiger partial charge in [0.1, 0.15) is 0 Å². The molecule has 0 aliphatic heterocycles. The maximum absolute atomic E-state index is 10.2. The molecule has 0 aromatic heterocycles. The fraction of sp³-hybridized carbons (Fsp3) is 0.600. The van der Waals surface area contributed by atoms with Gasteiger partial charge < -0.3 is 5.11 Å². The summed E-state index contributed by atoms with van der Waals surface area (Å²) >= 11 is 0. The molecule has 88 valence electrons. The molecule has 0 bridgehead atoms. The van der Waals surface area contributed by atoms with E-state index in [0.29, 0.717) is 11.8 Å². The van der Waals surface area contributed by atoms with Crippen LogP contribution in [0.3, 0.4) is 0 Å². The predicted octanol–water partition coefficient (Wildman–Crippen LogP) is 3.20. The summed E-state index contributed by atoms with van der Waals surface area (Å²) in [5, 5.41) is 10.2. The van der Waals surface area contributed by atoms with Gasteiger partial charge in [0.05, 0.1) is 6.10 Å². The second-order valence-electron chi connectivity index (χ2n) is 5.25. The van der Waals surface area contributed by atoms with Crippen LogP contribution in [0.15, 0.2) is 24.3 Å². The molecule has 1 nitrogen and oxygen atoms in total. The lowest BCUT2D eigenvalue weighted by atomic mass is 9.90. The Morgan fingerprint density at radius 3 is 2.31 bits per heavy atom. The van der Waals surface area contributed by atoms with Crippen LogP contribution in [0.5, 0.6) is 0 Å². The molecule has 0 saturated heterocycles. The zero-order valence-electron chi connectivity index (χ0n) is 10.3. The number of hydrogen-bond acceptors (Lipinski definition) is 1. The smallest absolute Gasteiger partial charge is 0.0577 e. The highest BCUT2D eigenvalue weighted by molar-refractivity contribution is 5.32. The molecule has 0 fully saturated rings. The molecule has 1 aliphatic carbocycles. The van der Waals surface area contributed by atoms with Gasteiger partial charge in [0.15, 0.2) is 0 Å². The van der Waals surface area contributed by atoms with Crippen LogP contribution in [0.4, 0.5) is 0 Å². The van der Waals surface area contributed by atoms with E-state index in [1.54, 1.807) is 0 Å². The van der Waals surface area contributed by atoms with E-state index < -0.39 is 0 Å². The van der Waals surface area contributed by atoms with Crippen molar-refractivity contribution in [3.63, 3.8) is 0 Å². The summed E-state index contributed by atoms with van der Waals surface area (Å²) in [7, 11) is 0. The van der Waals surface area contributed by atoms with Crippen LogP contribution < -0.4 is 0 Å². The van der Waals surface area contributed by atoms with E-state index in [9.17, 15) is 5.11 Å². The van der Waals surface area contributed by atoms with E-state index in [4.69, 9.17) is 0 Å². The average molecular weight is 218 g/mol. The molecule has 0 radical (unpaired) electrons. The van der Waals surface area contributed by atoms with Crippen molar-refractivity contribution in [3.05, 3.63) is 35.4 Å². The van der Waals surface area contributed by atoms with E-state index in [-0.39, 0.29) is 6.10 Å². The quantitative estimate of drug-likeness (QED) is 0.823. The van der Waals surface area contributed by atoms with Gasteiger partial charge in [-0.05, 0) is 42.2 Å². The molecule has 1 N–H and O–H groups in total. The minimum atomic E-state index is -0.123. The number of aliphatic hydroxyl groups is 1. The van der Waals surface area contributed by atoms with E-state index in [2.05, 4.69) is 38.1 Å². The Bertz CT molecular complexity index is 320. The zero-order valence-corrected chi connectivity index (χ0v) is 10.3. The van der Waals surface area contributed by atoms with Gasteiger partial charge in [-0.1, -0.05) is 44.5 Å². The van der Waals surface area contributed by atoms with Gasteiger partial charge in [-0.15, -0.1) is 0 Å². The van der Waals surface area contributed by atoms with Crippen molar-refractivity contribution < 1.29 is 5.11 Å². The number of hydrogen-bond donors (Lipinski definition) is 1. The monoisotopic (exact) mass is 218 g/mol. The van der Waals surface area contributed by atoms with Gasteiger partial charge >= 0.3 is 0 Å². The van der Waals surface area contributed by atoms with Gasteiger partial charge in [0.25, 0.3) is 0 Å². The first kappa shape index (κ1) is 11.7. The van der Waals surface area contributed by atoms with E-state index in [0.717, 1.165) is 25.7 Å². The van der Waals surface area contributed by atoms with Crippen molar-refractivity contribution in [2.45, 2.75) is 45.6 Å².